The van der Waals surface area contributed by atoms with Gasteiger partial charge in [0.05, 0.1) is 0 Å². The lowest BCUT2D eigenvalue weighted by Gasteiger charge is -2.16. The van der Waals surface area contributed by atoms with Crippen LogP contribution in [-0.2, 0) is 6.42 Å². The second-order valence-electron chi connectivity index (χ2n) is 6.41. The molecule has 0 radical (unpaired) electrons. The van der Waals surface area contributed by atoms with E-state index in [0.717, 1.165) is 12.2 Å². The van der Waals surface area contributed by atoms with Crippen molar-refractivity contribution in [2.75, 3.05) is 0 Å². The maximum absolute atomic E-state index is 5.33. The molecule has 1 atom stereocenters. The van der Waals surface area contributed by atoms with Gasteiger partial charge in [-0.25, -0.2) is 0 Å². The van der Waals surface area contributed by atoms with E-state index >= 15 is 0 Å². The van der Waals surface area contributed by atoms with E-state index in [0.29, 0.717) is 16.7 Å². The Bertz CT molecular complexity index is 635. The average Bonchev–Trinajstić information content (AvgIpc) is 2.80. The van der Waals surface area contributed by atoms with E-state index in [1.54, 1.807) is 0 Å². The lowest BCUT2D eigenvalue weighted by atomic mass is 9.96. The third-order valence-electron chi connectivity index (χ3n) is 3.76. The van der Waals surface area contributed by atoms with Crippen LogP contribution in [0, 0.1) is 10.7 Å². The van der Waals surface area contributed by atoms with Crippen LogP contribution in [-0.4, -0.2) is 14.8 Å². The molecule has 0 aliphatic heterocycles. The summed E-state index contributed by atoms with van der Waals surface area (Å²) in [5.74, 6) is 1.92. The lowest BCUT2D eigenvalue weighted by Crippen LogP contribution is -2.10. The minimum absolute atomic E-state index is 0.230. The van der Waals surface area contributed by atoms with Gasteiger partial charge in [-0.3, -0.25) is 5.10 Å². The summed E-state index contributed by atoms with van der Waals surface area (Å²) in [5, 5.41) is 7.35. The first-order chi connectivity index (χ1) is 9.90. The van der Waals surface area contributed by atoms with Crippen LogP contribution in [0.3, 0.4) is 0 Å². The molecule has 1 N–H and O–H groups in total. The van der Waals surface area contributed by atoms with Gasteiger partial charge in [0.2, 0.25) is 0 Å². The van der Waals surface area contributed by atoms with Gasteiger partial charge in [-0.2, -0.15) is 5.10 Å². The Kier molecular flexibility index (Phi) is 4.99. The van der Waals surface area contributed by atoms with E-state index < -0.39 is 0 Å². The van der Waals surface area contributed by atoms with Crippen LogP contribution in [0.4, 0.5) is 0 Å². The Hall–Kier alpha value is -1.42. The lowest BCUT2D eigenvalue weighted by molar-refractivity contribution is 0.551. The van der Waals surface area contributed by atoms with E-state index in [9.17, 15) is 0 Å². The molecule has 2 rings (SSSR count). The monoisotopic (exact) mass is 303 g/mol. The number of benzene rings is 1. The molecule has 3 nitrogen and oxygen atoms in total. The number of hydrogen-bond acceptors (Lipinski definition) is 2. The van der Waals surface area contributed by atoms with Crippen molar-refractivity contribution >= 4 is 12.2 Å². The number of rotatable bonds is 5. The molecule has 1 heterocycles. The molecule has 21 heavy (non-hydrogen) atoms. The van der Waals surface area contributed by atoms with Crippen LogP contribution < -0.4 is 0 Å². The first-order valence-electron chi connectivity index (χ1n) is 7.65. The van der Waals surface area contributed by atoms with E-state index in [1.807, 2.05) is 0 Å². The summed E-state index contributed by atoms with van der Waals surface area (Å²) in [4.78, 5) is 0. The molecule has 0 amide bonds. The number of aromatic nitrogens is 3. The zero-order valence-electron chi connectivity index (χ0n) is 13.6. The van der Waals surface area contributed by atoms with Crippen LogP contribution >= 0.6 is 12.2 Å². The summed E-state index contributed by atoms with van der Waals surface area (Å²) in [7, 11) is 0. The molecule has 0 saturated carbocycles. The third-order valence-corrected chi connectivity index (χ3v) is 4.05. The smallest absolute Gasteiger partial charge is 0.195 e. The Morgan fingerprint density at radius 1 is 1.10 bits per heavy atom. The molecule has 114 valence electrons. The molecule has 4 heteroatoms. The molecule has 1 aromatic carbocycles. The molecule has 1 aromatic heterocycles. The summed E-state index contributed by atoms with van der Waals surface area (Å²) >= 11 is 5.33. The minimum Gasteiger partial charge on any atom is -0.301 e. The number of H-pyrrole nitrogens is 1. The zero-order chi connectivity index (χ0) is 15.6. The Balaban J connectivity index is 2.28. The summed E-state index contributed by atoms with van der Waals surface area (Å²) in [6, 6.07) is 9.20. The first-order valence-corrected chi connectivity index (χ1v) is 8.06. The van der Waals surface area contributed by atoms with E-state index in [4.69, 9.17) is 12.2 Å². The van der Waals surface area contributed by atoms with E-state index in [-0.39, 0.29) is 5.92 Å². The molecule has 0 spiro atoms. The SMILES string of the molecule is CC(C)Cc1ccc([C@@H](C)c2n[nH]c(=S)n2C(C)C)cc1. The molecule has 0 aliphatic rings. The van der Waals surface area contributed by atoms with Crippen LogP contribution in [0.15, 0.2) is 24.3 Å². The van der Waals surface area contributed by atoms with Gasteiger partial charge < -0.3 is 4.57 Å². The standard InChI is InChI=1S/C17H25N3S/c1-11(2)10-14-6-8-15(9-7-14)13(5)16-18-19-17(21)20(16)12(3)4/h6-9,11-13H,10H2,1-5H3,(H,19,21)/t13-/m1/s1. The van der Waals surface area contributed by atoms with Crippen molar-refractivity contribution in [3.8, 4) is 0 Å². The average molecular weight is 303 g/mol. The van der Waals surface area contributed by atoms with Crippen LogP contribution in [0.1, 0.15) is 63.5 Å². The molecule has 0 fully saturated rings. The fraction of sp³-hybridized carbons (Fsp3) is 0.529. The summed E-state index contributed by atoms with van der Waals surface area (Å²) in [6.07, 6.45) is 1.12. The molecular formula is C17H25N3S. The van der Waals surface area contributed by atoms with Crippen molar-refractivity contribution in [3.05, 3.63) is 46.0 Å². The van der Waals surface area contributed by atoms with Crippen LogP contribution in [0.2, 0.25) is 0 Å². The second-order valence-corrected chi connectivity index (χ2v) is 6.80. The van der Waals surface area contributed by atoms with Gasteiger partial charge in [0.15, 0.2) is 4.77 Å². The van der Waals surface area contributed by atoms with Gasteiger partial charge in [-0.05, 0) is 49.5 Å². The third kappa shape index (κ3) is 3.62. The highest BCUT2D eigenvalue weighted by molar-refractivity contribution is 7.71. The van der Waals surface area contributed by atoms with E-state index in [1.165, 1.54) is 11.1 Å². The maximum atomic E-state index is 5.33. The Labute approximate surface area is 132 Å². The second kappa shape index (κ2) is 6.56. The van der Waals surface area contributed by atoms with Gasteiger partial charge in [0, 0.05) is 12.0 Å². The predicted octanol–water partition coefficient (Wildman–Crippen LogP) is 4.87. The highest BCUT2D eigenvalue weighted by Crippen LogP contribution is 2.25. The summed E-state index contributed by atoms with van der Waals surface area (Å²) in [5.41, 5.74) is 2.67. The largest absolute Gasteiger partial charge is 0.301 e. The van der Waals surface area contributed by atoms with Crippen LogP contribution in [0.25, 0.3) is 0 Å². The van der Waals surface area contributed by atoms with Crippen molar-refractivity contribution in [2.45, 2.75) is 53.0 Å². The highest BCUT2D eigenvalue weighted by Gasteiger charge is 2.17. The van der Waals surface area contributed by atoms with Crippen molar-refractivity contribution in [2.24, 2.45) is 5.92 Å². The van der Waals surface area contributed by atoms with Crippen LogP contribution in [0.5, 0.6) is 0 Å². The van der Waals surface area contributed by atoms with Crippen molar-refractivity contribution < 1.29 is 0 Å². The predicted molar refractivity (Wildman–Crippen MR) is 90.3 cm³/mol. The highest BCUT2D eigenvalue weighted by atomic mass is 32.1. The molecular weight excluding hydrogens is 278 g/mol. The Morgan fingerprint density at radius 3 is 2.24 bits per heavy atom. The van der Waals surface area contributed by atoms with Crippen molar-refractivity contribution in [3.63, 3.8) is 0 Å². The van der Waals surface area contributed by atoms with Gasteiger partial charge >= 0.3 is 0 Å². The maximum Gasteiger partial charge on any atom is 0.195 e. The topological polar surface area (TPSA) is 33.6 Å². The van der Waals surface area contributed by atoms with Crippen molar-refractivity contribution in [1.82, 2.24) is 14.8 Å². The molecule has 0 bridgehead atoms. The van der Waals surface area contributed by atoms with E-state index in [2.05, 4.69) is 73.6 Å². The summed E-state index contributed by atoms with van der Waals surface area (Å²) in [6.45, 7) is 10.9. The molecule has 2 aromatic rings. The van der Waals surface area contributed by atoms with Gasteiger partial charge in [0.1, 0.15) is 5.82 Å². The number of hydrogen-bond donors (Lipinski definition) is 1. The quantitative estimate of drug-likeness (QED) is 0.799. The number of nitrogens with zero attached hydrogens (tertiary/aromatic N) is 2. The molecule has 0 aliphatic carbocycles. The first kappa shape index (κ1) is 16.0. The molecule has 0 unspecified atom stereocenters. The number of nitrogens with one attached hydrogen (secondary N) is 1. The normalized spacial score (nSPS) is 13.1. The Morgan fingerprint density at radius 2 is 1.71 bits per heavy atom. The van der Waals surface area contributed by atoms with Gasteiger partial charge in [-0.1, -0.05) is 45.0 Å². The fourth-order valence-corrected chi connectivity index (χ4v) is 3.03. The fourth-order valence-electron chi connectivity index (χ4n) is 2.68. The van der Waals surface area contributed by atoms with Gasteiger partial charge in [0.25, 0.3) is 0 Å². The minimum atomic E-state index is 0.230. The number of aromatic amines is 1. The van der Waals surface area contributed by atoms with Gasteiger partial charge in [-0.15, -0.1) is 0 Å². The summed E-state index contributed by atoms with van der Waals surface area (Å²) < 4.78 is 2.80. The van der Waals surface area contributed by atoms with Crippen molar-refractivity contribution in [1.29, 1.82) is 0 Å². The zero-order valence-corrected chi connectivity index (χ0v) is 14.4. The molecule has 0 saturated heterocycles.